The molecule has 1 amide bonds. The SMILES string of the molecule is CC(=O)Nc1ccc(OC[C@H]2CCC[C@H](OC(Cn3ccnc3)c3ccc(Cl)cc3)O2)cc1. The van der Waals surface area contributed by atoms with E-state index in [1.807, 2.05) is 59.3 Å². The zero-order valence-electron chi connectivity index (χ0n) is 18.5. The monoisotopic (exact) mass is 469 g/mol. The molecule has 1 fully saturated rings. The van der Waals surface area contributed by atoms with Crippen LogP contribution in [0.4, 0.5) is 5.69 Å². The number of ether oxygens (including phenoxy) is 3. The van der Waals surface area contributed by atoms with E-state index in [2.05, 4.69) is 10.3 Å². The fraction of sp³-hybridized carbons (Fsp3) is 0.360. The van der Waals surface area contributed by atoms with Crippen molar-refractivity contribution in [3.63, 3.8) is 0 Å². The maximum absolute atomic E-state index is 11.2. The summed E-state index contributed by atoms with van der Waals surface area (Å²) in [6.07, 6.45) is 7.63. The number of carbonyl (C=O) groups excluding carboxylic acids is 1. The molecular weight excluding hydrogens is 442 g/mol. The van der Waals surface area contributed by atoms with Crippen LogP contribution in [0.15, 0.2) is 67.3 Å². The standard InChI is InChI=1S/C25H28ClN3O4/c1-18(30)28-21-9-11-22(12-10-21)31-16-23-3-2-4-25(32-23)33-24(15-29-14-13-27-17-29)19-5-7-20(26)8-6-19/h5-14,17,23-25H,2-4,15-16H2,1H3,(H,28,30)/t23-,24?,25+/m1/s1. The lowest BCUT2D eigenvalue weighted by molar-refractivity contribution is -0.223. The Kier molecular flexibility index (Phi) is 7.99. The summed E-state index contributed by atoms with van der Waals surface area (Å²) < 4.78 is 20.6. The van der Waals surface area contributed by atoms with Crippen molar-refractivity contribution in [2.24, 2.45) is 0 Å². The Hall–Kier alpha value is -2.87. The van der Waals surface area contributed by atoms with Gasteiger partial charge in [-0.15, -0.1) is 0 Å². The summed E-state index contributed by atoms with van der Waals surface area (Å²) in [6, 6.07) is 15.0. The van der Waals surface area contributed by atoms with Crippen LogP contribution in [0.2, 0.25) is 5.02 Å². The Morgan fingerprint density at radius 3 is 2.70 bits per heavy atom. The smallest absolute Gasteiger partial charge is 0.221 e. The second kappa shape index (κ2) is 11.3. The van der Waals surface area contributed by atoms with E-state index in [4.69, 9.17) is 25.8 Å². The first-order chi connectivity index (χ1) is 16.0. The van der Waals surface area contributed by atoms with Gasteiger partial charge in [-0.05, 0) is 61.2 Å². The first-order valence-corrected chi connectivity index (χ1v) is 11.5. The number of imidazole rings is 1. The van der Waals surface area contributed by atoms with Crippen LogP contribution in [0, 0.1) is 0 Å². The molecule has 174 valence electrons. The van der Waals surface area contributed by atoms with E-state index >= 15 is 0 Å². The average Bonchev–Trinajstić information content (AvgIpc) is 3.32. The van der Waals surface area contributed by atoms with Crippen LogP contribution in [0.25, 0.3) is 0 Å². The van der Waals surface area contributed by atoms with Gasteiger partial charge in [0.25, 0.3) is 0 Å². The van der Waals surface area contributed by atoms with Crippen molar-refractivity contribution in [2.45, 2.75) is 51.2 Å². The Bertz CT molecular complexity index is 1010. The molecule has 1 aliphatic rings. The molecule has 0 radical (unpaired) electrons. The van der Waals surface area contributed by atoms with Crippen LogP contribution in [0.3, 0.4) is 0 Å². The molecule has 8 heteroatoms. The Morgan fingerprint density at radius 2 is 2.00 bits per heavy atom. The van der Waals surface area contributed by atoms with Crippen molar-refractivity contribution in [1.29, 1.82) is 0 Å². The van der Waals surface area contributed by atoms with Crippen molar-refractivity contribution in [3.8, 4) is 5.75 Å². The third-order valence-corrected chi connectivity index (χ3v) is 5.67. The molecular formula is C25H28ClN3O4. The van der Waals surface area contributed by atoms with Crippen LogP contribution in [0.5, 0.6) is 5.75 Å². The summed E-state index contributed by atoms with van der Waals surface area (Å²) in [5.41, 5.74) is 1.78. The molecule has 1 aromatic heterocycles. The molecule has 1 aliphatic heterocycles. The van der Waals surface area contributed by atoms with Gasteiger partial charge >= 0.3 is 0 Å². The summed E-state index contributed by atoms with van der Waals surface area (Å²) in [7, 11) is 0. The molecule has 0 bridgehead atoms. The molecule has 0 spiro atoms. The van der Waals surface area contributed by atoms with Gasteiger partial charge < -0.3 is 24.1 Å². The summed E-state index contributed by atoms with van der Waals surface area (Å²) in [4.78, 5) is 15.3. The molecule has 3 aromatic rings. The van der Waals surface area contributed by atoms with Gasteiger partial charge in [0.2, 0.25) is 5.91 Å². The van der Waals surface area contributed by atoms with Gasteiger partial charge in [0.15, 0.2) is 6.29 Å². The van der Waals surface area contributed by atoms with Gasteiger partial charge in [-0.25, -0.2) is 4.98 Å². The molecule has 1 saturated heterocycles. The number of carbonyl (C=O) groups is 1. The lowest BCUT2D eigenvalue weighted by atomic mass is 10.1. The van der Waals surface area contributed by atoms with Gasteiger partial charge in [0, 0.05) is 30.0 Å². The average molecular weight is 470 g/mol. The van der Waals surface area contributed by atoms with Gasteiger partial charge in [-0.1, -0.05) is 23.7 Å². The fourth-order valence-electron chi connectivity index (χ4n) is 3.79. The highest BCUT2D eigenvalue weighted by Crippen LogP contribution is 2.29. The number of benzene rings is 2. The van der Waals surface area contributed by atoms with E-state index in [0.29, 0.717) is 18.2 Å². The summed E-state index contributed by atoms with van der Waals surface area (Å²) >= 11 is 6.07. The van der Waals surface area contributed by atoms with Crippen molar-refractivity contribution in [1.82, 2.24) is 9.55 Å². The lowest BCUT2D eigenvalue weighted by Gasteiger charge is -2.32. The van der Waals surface area contributed by atoms with Crippen LogP contribution >= 0.6 is 11.6 Å². The van der Waals surface area contributed by atoms with E-state index in [1.54, 1.807) is 12.5 Å². The van der Waals surface area contributed by atoms with Gasteiger partial charge in [0.05, 0.1) is 19.0 Å². The molecule has 0 saturated carbocycles. The fourth-order valence-corrected chi connectivity index (χ4v) is 3.91. The number of hydrogen-bond acceptors (Lipinski definition) is 5. The number of nitrogens with zero attached hydrogens (tertiary/aromatic N) is 2. The molecule has 0 aliphatic carbocycles. The van der Waals surface area contributed by atoms with Gasteiger partial charge in [-0.2, -0.15) is 0 Å². The summed E-state index contributed by atoms with van der Waals surface area (Å²) in [5, 5.41) is 3.44. The van der Waals surface area contributed by atoms with E-state index in [9.17, 15) is 4.79 Å². The third kappa shape index (κ3) is 7.05. The van der Waals surface area contributed by atoms with E-state index < -0.39 is 0 Å². The number of rotatable bonds is 9. The van der Waals surface area contributed by atoms with Crippen LogP contribution in [0.1, 0.15) is 37.9 Å². The minimum absolute atomic E-state index is 0.0575. The van der Waals surface area contributed by atoms with Crippen LogP contribution < -0.4 is 10.1 Å². The maximum atomic E-state index is 11.2. The lowest BCUT2D eigenvalue weighted by Crippen LogP contribution is -2.35. The van der Waals surface area contributed by atoms with Crippen molar-refractivity contribution in [2.75, 3.05) is 11.9 Å². The molecule has 33 heavy (non-hydrogen) atoms. The number of aromatic nitrogens is 2. The number of anilines is 1. The minimum Gasteiger partial charge on any atom is -0.491 e. The van der Waals surface area contributed by atoms with Gasteiger partial charge in [-0.3, -0.25) is 4.79 Å². The largest absolute Gasteiger partial charge is 0.491 e. The predicted octanol–water partition coefficient (Wildman–Crippen LogP) is 5.23. The zero-order chi connectivity index (χ0) is 23.0. The second-order valence-electron chi connectivity index (χ2n) is 8.07. The van der Waals surface area contributed by atoms with Crippen LogP contribution in [-0.2, 0) is 20.8 Å². The third-order valence-electron chi connectivity index (χ3n) is 5.41. The molecule has 1 N–H and O–H groups in total. The molecule has 7 nitrogen and oxygen atoms in total. The highest BCUT2D eigenvalue weighted by Gasteiger charge is 2.27. The number of amides is 1. The molecule has 4 rings (SSSR count). The van der Waals surface area contributed by atoms with Crippen molar-refractivity contribution >= 4 is 23.2 Å². The predicted molar refractivity (Wildman–Crippen MR) is 126 cm³/mol. The number of halogens is 1. The number of nitrogens with one attached hydrogen (secondary N) is 1. The minimum atomic E-state index is -0.321. The quantitative estimate of drug-likeness (QED) is 0.464. The van der Waals surface area contributed by atoms with Crippen molar-refractivity contribution < 1.29 is 19.0 Å². The highest BCUT2D eigenvalue weighted by molar-refractivity contribution is 6.30. The van der Waals surface area contributed by atoms with Crippen LogP contribution in [-0.4, -0.2) is 34.5 Å². The highest BCUT2D eigenvalue weighted by atomic mass is 35.5. The van der Waals surface area contributed by atoms with Gasteiger partial charge in [0.1, 0.15) is 18.5 Å². The topological polar surface area (TPSA) is 74.6 Å². The van der Waals surface area contributed by atoms with Crippen molar-refractivity contribution in [3.05, 3.63) is 77.8 Å². The first-order valence-electron chi connectivity index (χ1n) is 11.1. The normalized spacial score (nSPS) is 19.1. The Labute approximate surface area is 198 Å². The van der Waals surface area contributed by atoms with E-state index in [-0.39, 0.29) is 24.4 Å². The van der Waals surface area contributed by atoms with E-state index in [1.165, 1.54) is 6.92 Å². The molecule has 2 aromatic carbocycles. The molecule has 2 heterocycles. The zero-order valence-corrected chi connectivity index (χ0v) is 19.3. The first kappa shape index (κ1) is 23.3. The summed E-state index contributed by atoms with van der Waals surface area (Å²) in [5.74, 6) is 0.630. The second-order valence-corrected chi connectivity index (χ2v) is 8.51. The maximum Gasteiger partial charge on any atom is 0.221 e. The molecule has 3 atom stereocenters. The Morgan fingerprint density at radius 1 is 1.21 bits per heavy atom. The summed E-state index contributed by atoms with van der Waals surface area (Å²) in [6.45, 7) is 2.55. The number of hydrogen-bond donors (Lipinski definition) is 1. The Balaban J connectivity index is 1.34. The molecule has 1 unspecified atom stereocenters. The van der Waals surface area contributed by atoms with E-state index in [0.717, 1.165) is 36.3 Å².